The minimum Gasteiger partial charge on any atom is -1.00 e. The predicted octanol–water partition coefficient (Wildman–Crippen LogP) is -3.79. The van der Waals surface area contributed by atoms with E-state index in [2.05, 4.69) is 55.9 Å². The van der Waals surface area contributed by atoms with Gasteiger partial charge in [0.05, 0.1) is 54.4 Å². The molecule has 0 unspecified atom stereocenters. The van der Waals surface area contributed by atoms with Gasteiger partial charge in [0.2, 0.25) is 0 Å². The Kier molecular flexibility index (Phi) is 20.9. The molecule has 0 aromatic rings. The van der Waals surface area contributed by atoms with Crippen LogP contribution in [-0.4, -0.2) is 63.3 Å². The molecule has 0 saturated carbocycles. The molecule has 0 bridgehead atoms. The number of halogens is 2. The summed E-state index contributed by atoms with van der Waals surface area (Å²) in [7, 11) is 8.50. The maximum absolute atomic E-state index is 2.27. The summed E-state index contributed by atoms with van der Waals surface area (Å²) in [6, 6.07) is 0. The van der Waals surface area contributed by atoms with Crippen molar-refractivity contribution in [3.05, 3.63) is 0 Å². The van der Waals surface area contributed by atoms with Crippen molar-refractivity contribution in [1.29, 1.82) is 0 Å². The van der Waals surface area contributed by atoms with Crippen LogP contribution in [0.2, 0.25) is 0 Å². The molecule has 0 atom stereocenters. The van der Waals surface area contributed by atoms with Gasteiger partial charge in [0.15, 0.2) is 0 Å². The van der Waals surface area contributed by atoms with Crippen LogP contribution in [0.15, 0.2) is 0 Å². The van der Waals surface area contributed by atoms with Crippen LogP contribution in [0.3, 0.4) is 0 Å². The molecule has 0 aromatic heterocycles. The summed E-state index contributed by atoms with van der Waals surface area (Å²) in [6.07, 6.45) is 0. The molecule has 4 heteroatoms. The number of quaternary nitrogens is 2. The highest BCUT2D eigenvalue weighted by Gasteiger charge is 2.16. The fourth-order valence-electron chi connectivity index (χ4n) is 1.34. The summed E-state index contributed by atoms with van der Waals surface area (Å²) >= 11 is 0. The molecular weight excluding hydrogens is 426 g/mol. The van der Waals surface area contributed by atoms with Crippen molar-refractivity contribution < 1.29 is 56.9 Å². The van der Waals surface area contributed by atoms with E-state index >= 15 is 0 Å². The Hall–Kier alpha value is 1.38. The first-order valence-corrected chi connectivity index (χ1v) is 5.88. The fraction of sp³-hybridized carbons (Fsp3) is 1.00. The second-order valence-corrected chi connectivity index (χ2v) is 5.29. The van der Waals surface area contributed by atoms with E-state index in [9.17, 15) is 0 Å². The summed E-state index contributed by atoms with van der Waals surface area (Å²) in [5.74, 6) is 0. The number of rotatable bonds is 4. The Balaban J connectivity index is -0.0000000904. The third kappa shape index (κ3) is 17.8. The average Bonchev–Trinajstić information content (AvgIpc) is 2.07. The van der Waals surface area contributed by atoms with Crippen LogP contribution in [0.25, 0.3) is 0 Å². The lowest BCUT2D eigenvalue weighted by Gasteiger charge is -2.34. The first kappa shape index (κ1) is 26.0. The minimum atomic E-state index is 0. The van der Waals surface area contributed by atoms with Gasteiger partial charge in [-0.2, -0.15) is 0 Å². The molecule has 0 spiro atoms. The SMILES string of the molecule is CC[N+](CC)(CC)CC.C[N+](C)(C)C.[I-].[I-]. The lowest BCUT2D eigenvalue weighted by Crippen LogP contribution is -3.00. The van der Waals surface area contributed by atoms with Gasteiger partial charge >= 0.3 is 0 Å². The molecule has 0 heterocycles. The summed E-state index contributed by atoms with van der Waals surface area (Å²) in [5.41, 5.74) is 0. The molecular formula is C12H32I2N2. The summed E-state index contributed by atoms with van der Waals surface area (Å²) in [5, 5.41) is 0. The van der Waals surface area contributed by atoms with Crippen molar-refractivity contribution in [3.63, 3.8) is 0 Å². The Bertz CT molecular complexity index is 106. The van der Waals surface area contributed by atoms with Crippen molar-refractivity contribution >= 4 is 0 Å². The van der Waals surface area contributed by atoms with E-state index in [4.69, 9.17) is 0 Å². The molecule has 0 aliphatic carbocycles. The second-order valence-electron chi connectivity index (χ2n) is 5.29. The lowest BCUT2D eigenvalue weighted by molar-refractivity contribution is -0.921. The third-order valence-corrected chi connectivity index (χ3v) is 2.68. The zero-order chi connectivity index (χ0) is 11.8. The maximum Gasteiger partial charge on any atom is 0.0757 e. The molecule has 0 aromatic carbocycles. The topological polar surface area (TPSA) is 0 Å². The highest BCUT2D eigenvalue weighted by molar-refractivity contribution is 4.31. The van der Waals surface area contributed by atoms with Gasteiger partial charge < -0.3 is 56.9 Å². The Morgan fingerprint density at radius 1 is 0.562 bits per heavy atom. The van der Waals surface area contributed by atoms with E-state index in [0.29, 0.717) is 0 Å². The van der Waals surface area contributed by atoms with Crippen LogP contribution in [0.1, 0.15) is 27.7 Å². The van der Waals surface area contributed by atoms with Crippen molar-refractivity contribution in [1.82, 2.24) is 0 Å². The minimum absolute atomic E-state index is 0. The Morgan fingerprint density at radius 2 is 0.688 bits per heavy atom. The Labute approximate surface area is 138 Å². The summed E-state index contributed by atoms with van der Waals surface area (Å²) in [4.78, 5) is 0. The van der Waals surface area contributed by atoms with E-state index in [0.717, 1.165) is 4.48 Å². The van der Waals surface area contributed by atoms with Crippen LogP contribution in [0.4, 0.5) is 0 Å². The third-order valence-electron chi connectivity index (χ3n) is 2.68. The summed E-state index contributed by atoms with van der Waals surface area (Å²) in [6.45, 7) is 14.2. The van der Waals surface area contributed by atoms with E-state index in [-0.39, 0.29) is 48.0 Å². The van der Waals surface area contributed by atoms with Gasteiger partial charge in [-0.3, -0.25) is 0 Å². The lowest BCUT2D eigenvalue weighted by atomic mass is 10.3. The standard InChI is InChI=1S/C8H20N.C4H12N.2HI/c1-5-9(6-2,7-3)8-4;1-5(2,3)4;;/h5-8H2,1-4H3;1-4H3;2*1H/q2*+1;;/p-2. The molecule has 0 fully saturated rings. The Morgan fingerprint density at radius 3 is 0.688 bits per heavy atom. The molecule has 0 aliphatic rings. The van der Waals surface area contributed by atoms with Crippen molar-refractivity contribution in [2.24, 2.45) is 0 Å². The number of hydrogen-bond donors (Lipinski definition) is 0. The van der Waals surface area contributed by atoms with Gasteiger partial charge in [-0.05, 0) is 27.7 Å². The van der Waals surface area contributed by atoms with Crippen LogP contribution in [0, 0.1) is 0 Å². The van der Waals surface area contributed by atoms with Crippen molar-refractivity contribution in [2.75, 3.05) is 54.4 Å². The largest absolute Gasteiger partial charge is 1.00 e. The monoisotopic (exact) mass is 458 g/mol. The summed E-state index contributed by atoms with van der Waals surface area (Å²) < 4.78 is 2.28. The first-order chi connectivity index (χ1) is 6.24. The smallest absolute Gasteiger partial charge is 0.0757 e. The van der Waals surface area contributed by atoms with Crippen LogP contribution in [0.5, 0.6) is 0 Å². The molecule has 0 aliphatic heterocycles. The van der Waals surface area contributed by atoms with Gasteiger partial charge in [0.1, 0.15) is 0 Å². The molecule has 0 radical (unpaired) electrons. The average molecular weight is 458 g/mol. The second kappa shape index (κ2) is 12.8. The molecule has 0 rings (SSSR count). The van der Waals surface area contributed by atoms with Gasteiger partial charge in [0.25, 0.3) is 0 Å². The highest BCUT2D eigenvalue weighted by atomic mass is 127. The quantitative estimate of drug-likeness (QED) is 0.300. The van der Waals surface area contributed by atoms with E-state index in [1.165, 1.54) is 30.7 Å². The van der Waals surface area contributed by atoms with Crippen LogP contribution in [-0.2, 0) is 0 Å². The zero-order valence-corrected chi connectivity index (χ0v) is 16.8. The molecule has 2 nitrogen and oxygen atoms in total. The highest BCUT2D eigenvalue weighted by Crippen LogP contribution is 2.03. The van der Waals surface area contributed by atoms with Crippen LogP contribution >= 0.6 is 0 Å². The van der Waals surface area contributed by atoms with Gasteiger partial charge in [-0.1, -0.05) is 0 Å². The van der Waals surface area contributed by atoms with Gasteiger partial charge in [0, 0.05) is 0 Å². The van der Waals surface area contributed by atoms with Crippen molar-refractivity contribution in [2.45, 2.75) is 27.7 Å². The van der Waals surface area contributed by atoms with E-state index in [1.54, 1.807) is 0 Å². The van der Waals surface area contributed by atoms with Gasteiger partial charge in [-0.15, -0.1) is 0 Å². The predicted molar refractivity (Wildman–Crippen MR) is 66.4 cm³/mol. The van der Waals surface area contributed by atoms with Gasteiger partial charge in [-0.25, -0.2) is 0 Å². The van der Waals surface area contributed by atoms with Crippen LogP contribution < -0.4 is 48.0 Å². The molecule has 0 saturated heterocycles. The maximum atomic E-state index is 2.27. The molecule has 0 amide bonds. The number of hydrogen-bond acceptors (Lipinski definition) is 0. The molecule has 0 N–H and O–H groups in total. The van der Waals surface area contributed by atoms with Crippen molar-refractivity contribution in [3.8, 4) is 0 Å². The van der Waals surface area contributed by atoms with E-state index < -0.39 is 0 Å². The first-order valence-electron chi connectivity index (χ1n) is 5.88. The molecule has 104 valence electrons. The zero-order valence-electron chi connectivity index (χ0n) is 12.5. The number of nitrogens with zero attached hydrogens (tertiary/aromatic N) is 2. The normalized spacial score (nSPS) is 10.5. The van der Waals surface area contributed by atoms with E-state index in [1.807, 2.05) is 0 Å². The fourth-order valence-corrected chi connectivity index (χ4v) is 1.34. The molecule has 16 heavy (non-hydrogen) atoms.